The molecular weight excluding hydrogens is 430 g/mol. The first-order valence-electron chi connectivity index (χ1n) is 11.3. The van der Waals surface area contributed by atoms with Crippen LogP contribution in [0.1, 0.15) is 15.9 Å². The van der Waals surface area contributed by atoms with E-state index in [0.717, 1.165) is 23.5 Å². The van der Waals surface area contributed by atoms with E-state index in [4.69, 9.17) is 9.47 Å². The Bertz CT molecular complexity index is 1270. The van der Waals surface area contributed by atoms with Crippen LogP contribution in [0.15, 0.2) is 73.3 Å². The maximum Gasteiger partial charge on any atom is 0.257 e. The van der Waals surface area contributed by atoms with Crippen LogP contribution in [0.5, 0.6) is 5.75 Å². The van der Waals surface area contributed by atoms with Crippen molar-refractivity contribution in [3.05, 3.63) is 84.4 Å². The predicted molar refractivity (Wildman–Crippen MR) is 130 cm³/mol. The highest BCUT2D eigenvalue weighted by Crippen LogP contribution is 2.23. The predicted octanol–water partition coefficient (Wildman–Crippen LogP) is 3.81. The zero-order valence-electron chi connectivity index (χ0n) is 19.1. The molecule has 3 aromatic heterocycles. The number of ether oxygens (including phenoxy) is 2. The summed E-state index contributed by atoms with van der Waals surface area (Å²) in [5, 5.41) is 3.27. The maximum absolute atomic E-state index is 13.6. The van der Waals surface area contributed by atoms with Crippen molar-refractivity contribution in [2.45, 2.75) is 6.42 Å². The van der Waals surface area contributed by atoms with E-state index < -0.39 is 0 Å². The lowest BCUT2D eigenvalue weighted by atomic mass is 10.0. The van der Waals surface area contributed by atoms with Crippen molar-refractivity contribution in [1.82, 2.24) is 19.3 Å². The van der Waals surface area contributed by atoms with Gasteiger partial charge in [-0.1, -0.05) is 6.07 Å². The Labute approximate surface area is 198 Å². The van der Waals surface area contributed by atoms with E-state index in [2.05, 4.69) is 27.5 Å². The first-order chi connectivity index (χ1) is 16.7. The third-order valence-electron chi connectivity index (χ3n) is 5.99. The summed E-state index contributed by atoms with van der Waals surface area (Å²) < 4.78 is 13.1. The van der Waals surface area contributed by atoms with Crippen molar-refractivity contribution in [3.8, 4) is 5.75 Å². The fourth-order valence-electron chi connectivity index (χ4n) is 4.27. The first kappa shape index (κ1) is 21.9. The number of nitrogens with one attached hydrogen (secondary N) is 1. The number of carbonyl (C=O) groups is 1. The van der Waals surface area contributed by atoms with E-state index in [0.29, 0.717) is 37.7 Å². The van der Waals surface area contributed by atoms with Gasteiger partial charge in [0.1, 0.15) is 17.2 Å². The summed E-state index contributed by atoms with van der Waals surface area (Å²) >= 11 is 0. The number of pyridine rings is 2. The van der Waals surface area contributed by atoms with Gasteiger partial charge in [0, 0.05) is 49.5 Å². The van der Waals surface area contributed by atoms with Crippen molar-refractivity contribution >= 4 is 23.1 Å². The van der Waals surface area contributed by atoms with Gasteiger partial charge in [0.15, 0.2) is 0 Å². The number of hydrogen-bond donors (Lipinski definition) is 1. The molecule has 1 fully saturated rings. The molecule has 34 heavy (non-hydrogen) atoms. The fourth-order valence-corrected chi connectivity index (χ4v) is 4.27. The molecule has 1 atom stereocenters. The van der Waals surface area contributed by atoms with Crippen LogP contribution in [0.25, 0.3) is 5.65 Å². The highest BCUT2D eigenvalue weighted by molar-refractivity contribution is 5.99. The van der Waals surface area contributed by atoms with Crippen molar-refractivity contribution in [2.24, 2.45) is 5.92 Å². The quantitative estimate of drug-likeness (QED) is 0.474. The molecular formula is C26H27N5O3. The molecule has 1 amide bonds. The average Bonchev–Trinajstić information content (AvgIpc) is 3.21. The van der Waals surface area contributed by atoms with Gasteiger partial charge in [0.25, 0.3) is 5.91 Å². The normalized spacial score (nSPS) is 16.3. The van der Waals surface area contributed by atoms with Crippen molar-refractivity contribution in [1.29, 1.82) is 0 Å². The molecule has 1 unspecified atom stereocenters. The van der Waals surface area contributed by atoms with Gasteiger partial charge in [-0.3, -0.25) is 4.79 Å². The van der Waals surface area contributed by atoms with Crippen molar-refractivity contribution in [2.75, 3.05) is 38.7 Å². The molecule has 4 aromatic rings. The van der Waals surface area contributed by atoms with E-state index in [1.165, 1.54) is 5.56 Å². The molecule has 174 valence electrons. The molecule has 1 aliphatic rings. The Kier molecular flexibility index (Phi) is 6.40. The number of benzene rings is 1. The highest BCUT2D eigenvalue weighted by atomic mass is 16.5. The SMILES string of the molecule is COc1ccc(Nc2ncccc2C(=O)N2CCOCC(Cc3ccc4nccn4c3)C2)cc1. The monoisotopic (exact) mass is 457 g/mol. The van der Waals surface area contributed by atoms with Crippen LogP contribution in [-0.4, -0.2) is 58.6 Å². The molecule has 1 aromatic carbocycles. The van der Waals surface area contributed by atoms with Crippen LogP contribution in [0, 0.1) is 5.92 Å². The number of hydrogen-bond acceptors (Lipinski definition) is 6. The van der Waals surface area contributed by atoms with Crippen molar-refractivity contribution < 1.29 is 14.3 Å². The summed E-state index contributed by atoms with van der Waals surface area (Å²) in [5.41, 5.74) is 3.49. The van der Waals surface area contributed by atoms with Crippen molar-refractivity contribution in [3.63, 3.8) is 0 Å². The van der Waals surface area contributed by atoms with Gasteiger partial charge in [-0.25, -0.2) is 9.97 Å². The van der Waals surface area contributed by atoms with Gasteiger partial charge in [0.2, 0.25) is 0 Å². The lowest BCUT2D eigenvalue weighted by Crippen LogP contribution is -2.36. The van der Waals surface area contributed by atoms with Crippen LogP contribution in [-0.2, 0) is 11.2 Å². The van der Waals surface area contributed by atoms with E-state index in [1.54, 1.807) is 25.6 Å². The van der Waals surface area contributed by atoms with Gasteiger partial charge < -0.3 is 24.1 Å². The van der Waals surface area contributed by atoms with Gasteiger partial charge in [-0.2, -0.15) is 0 Å². The third-order valence-corrected chi connectivity index (χ3v) is 5.99. The van der Waals surface area contributed by atoms with E-state index >= 15 is 0 Å². The minimum Gasteiger partial charge on any atom is -0.497 e. The Morgan fingerprint density at radius 3 is 2.88 bits per heavy atom. The van der Waals surface area contributed by atoms with Crippen LogP contribution < -0.4 is 10.1 Å². The Morgan fingerprint density at radius 2 is 2.03 bits per heavy atom. The zero-order valence-corrected chi connectivity index (χ0v) is 19.1. The van der Waals surface area contributed by atoms with E-state index in [9.17, 15) is 4.79 Å². The summed E-state index contributed by atoms with van der Waals surface area (Å²) in [7, 11) is 1.63. The molecule has 8 nitrogen and oxygen atoms in total. The number of methoxy groups -OCH3 is 1. The Balaban J connectivity index is 1.32. The van der Waals surface area contributed by atoms with Crippen LogP contribution in [0.4, 0.5) is 11.5 Å². The number of carbonyl (C=O) groups excluding carboxylic acids is 1. The minimum atomic E-state index is -0.0512. The fraction of sp³-hybridized carbons (Fsp3) is 0.269. The molecule has 8 heteroatoms. The number of aromatic nitrogens is 3. The molecule has 1 saturated heterocycles. The smallest absolute Gasteiger partial charge is 0.257 e. The number of imidazole rings is 1. The second kappa shape index (κ2) is 9.93. The summed E-state index contributed by atoms with van der Waals surface area (Å²) in [4.78, 5) is 24.2. The summed E-state index contributed by atoms with van der Waals surface area (Å²) in [6.07, 6.45) is 8.33. The van der Waals surface area contributed by atoms with Crippen LogP contribution in [0.2, 0.25) is 0 Å². The first-order valence-corrected chi connectivity index (χ1v) is 11.3. The number of fused-ring (bicyclic) bond motifs is 1. The molecule has 4 heterocycles. The summed E-state index contributed by atoms with van der Waals surface area (Å²) in [5.74, 6) is 1.45. The van der Waals surface area contributed by atoms with Crippen LogP contribution in [0.3, 0.4) is 0 Å². The molecule has 0 bridgehead atoms. The summed E-state index contributed by atoms with van der Waals surface area (Å²) in [6.45, 7) is 2.31. The molecule has 1 N–H and O–H groups in total. The molecule has 0 saturated carbocycles. The number of nitrogens with zero attached hydrogens (tertiary/aromatic N) is 4. The average molecular weight is 458 g/mol. The Morgan fingerprint density at radius 1 is 1.15 bits per heavy atom. The number of amides is 1. The van der Waals surface area contributed by atoms with Crippen LogP contribution >= 0.6 is 0 Å². The maximum atomic E-state index is 13.6. The van der Waals surface area contributed by atoms with E-state index in [-0.39, 0.29) is 11.8 Å². The number of rotatable bonds is 6. The minimum absolute atomic E-state index is 0.0512. The largest absolute Gasteiger partial charge is 0.497 e. The van der Waals surface area contributed by atoms with E-state index in [1.807, 2.05) is 51.9 Å². The third kappa shape index (κ3) is 4.87. The second-order valence-corrected chi connectivity index (χ2v) is 8.38. The highest BCUT2D eigenvalue weighted by Gasteiger charge is 2.25. The zero-order chi connectivity index (χ0) is 23.3. The van der Waals surface area contributed by atoms with Gasteiger partial charge in [0.05, 0.1) is 25.9 Å². The van der Waals surface area contributed by atoms with Gasteiger partial charge >= 0.3 is 0 Å². The Hall–Kier alpha value is -3.91. The topological polar surface area (TPSA) is 81.0 Å². The molecule has 0 radical (unpaired) electrons. The standard InChI is InChI=1S/C26H27N5O3/c1-33-22-7-5-21(6-8-22)29-25-23(3-2-10-28-25)26(32)31-13-14-34-18-20(17-31)15-19-4-9-24-27-11-12-30(24)16-19/h2-12,16,20H,13-15,17-18H2,1H3,(H,28,29). The molecule has 0 spiro atoms. The molecule has 1 aliphatic heterocycles. The molecule has 0 aliphatic carbocycles. The lowest BCUT2D eigenvalue weighted by molar-refractivity contribution is 0.0738. The molecule has 5 rings (SSSR count). The lowest BCUT2D eigenvalue weighted by Gasteiger charge is -2.24. The van der Waals surface area contributed by atoms with Gasteiger partial charge in [-0.15, -0.1) is 0 Å². The number of anilines is 2. The summed E-state index contributed by atoms with van der Waals surface area (Å²) in [6, 6.07) is 15.2. The second-order valence-electron chi connectivity index (χ2n) is 8.38. The van der Waals surface area contributed by atoms with Gasteiger partial charge in [-0.05, 0) is 54.4 Å².